The number of cyclic esters (lactones) is 1. The Bertz CT molecular complexity index is 1940. The van der Waals surface area contributed by atoms with E-state index < -0.39 is 77.5 Å². The second kappa shape index (κ2) is 14.7. The molecule has 0 spiro atoms. The predicted octanol–water partition coefficient (Wildman–Crippen LogP) is 1.63. The van der Waals surface area contributed by atoms with Gasteiger partial charge in [-0.2, -0.15) is 0 Å². The molecule has 5 aliphatic rings. The molecule has 298 valence electrons. The molecule has 0 aromatic heterocycles. The number of phenolic OH excluding ortho intramolecular Hbond substituents is 1. The molecule has 9 atom stereocenters. The number of nitrogens with zero attached hydrogens (tertiary/aromatic N) is 2. The standard InChI is InChI=1S/C38H49N5O11S/c1-14(2)26(41-35(46)17(5)39)36(47)40-20-12-55-34-25-24(33-32(52-13-53-33)16(4)31(25)54-18(6)44)22(11-51-38(20)49)43-28(34)27-23-19(10-21(37(43)48)42(27)7)9-15(3)30(50-8)29(23)45/h9,14,17,20-22,26-28,34,37,45,48H,10-13,39H2,1-8H3,(H,40,47)(H,41,46)/t17?,20?,21-,22-,26?,27+,28?,34+,37-/m0/s1. The van der Waals surface area contributed by atoms with Gasteiger partial charge in [0.1, 0.15) is 30.7 Å². The number of hydrogen-bond donors (Lipinski definition) is 5. The molecule has 2 aromatic carbocycles. The number of likely N-dealkylation sites (N-methyl/N-ethyl adjacent to an activating group) is 1. The first-order valence-corrected chi connectivity index (χ1v) is 19.5. The number of carbonyl (C=O) groups excluding carboxylic acids is 4. The lowest BCUT2D eigenvalue weighted by Crippen LogP contribution is -2.69. The largest absolute Gasteiger partial charge is 0.504 e. The Labute approximate surface area is 323 Å². The number of methoxy groups -OCH3 is 1. The number of aliphatic hydroxyl groups excluding tert-OH is 1. The zero-order chi connectivity index (χ0) is 39.8. The quantitative estimate of drug-likeness (QED) is 0.200. The van der Waals surface area contributed by atoms with Gasteiger partial charge in [-0.3, -0.25) is 24.2 Å². The third-order valence-electron chi connectivity index (χ3n) is 11.5. The molecule has 4 unspecified atom stereocenters. The molecule has 4 bridgehead atoms. The summed E-state index contributed by atoms with van der Waals surface area (Å²) in [4.78, 5) is 57.1. The lowest BCUT2D eigenvalue weighted by molar-refractivity contribution is -0.184. The number of ether oxygens (including phenoxy) is 5. The Kier molecular flexibility index (Phi) is 10.4. The second-order valence-electron chi connectivity index (χ2n) is 15.3. The van der Waals surface area contributed by atoms with Gasteiger partial charge in [-0.05, 0) is 51.3 Å². The van der Waals surface area contributed by atoms with E-state index in [1.54, 1.807) is 20.8 Å². The van der Waals surface area contributed by atoms with Crippen molar-refractivity contribution in [2.75, 3.05) is 33.3 Å². The van der Waals surface area contributed by atoms with Gasteiger partial charge in [-0.25, -0.2) is 4.79 Å². The van der Waals surface area contributed by atoms with Crippen molar-refractivity contribution in [3.05, 3.63) is 39.4 Å². The van der Waals surface area contributed by atoms with Crippen LogP contribution in [0.3, 0.4) is 0 Å². The minimum atomic E-state index is -1.16. The summed E-state index contributed by atoms with van der Waals surface area (Å²) in [5.74, 6) is -1.34. The monoisotopic (exact) mass is 783 g/mol. The summed E-state index contributed by atoms with van der Waals surface area (Å²) in [5.41, 5.74) is 9.74. The van der Waals surface area contributed by atoms with Crippen LogP contribution in [0.5, 0.6) is 28.7 Å². The normalized spacial score (nSPS) is 27.9. The first-order chi connectivity index (χ1) is 26.1. The molecule has 2 saturated heterocycles. The van der Waals surface area contributed by atoms with Crippen LogP contribution >= 0.6 is 11.8 Å². The highest BCUT2D eigenvalue weighted by Gasteiger charge is 2.60. The average Bonchev–Trinajstić information content (AvgIpc) is 3.61. The third-order valence-corrected chi connectivity index (χ3v) is 12.9. The number of carbonyl (C=O) groups is 4. The molecule has 17 heteroatoms. The molecule has 5 heterocycles. The van der Waals surface area contributed by atoms with Gasteiger partial charge in [-0.15, -0.1) is 11.8 Å². The molecule has 55 heavy (non-hydrogen) atoms. The number of amides is 2. The molecule has 16 nitrogen and oxygen atoms in total. The van der Waals surface area contributed by atoms with Crippen LogP contribution in [0, 0.1) is 19.8 Å². The van der Waals surface area contributed by atoms with E-state index in [0.717, 1.165) is 11.1 Å². The average molecular weight is 784 g/mol. The van der Waals surface area contributed by atoms with Gasteiger partial charge >= 0.3 is 11.9 Å². The predicted molar refractivity (Wildman–Crippen MR) is 199 cm³/mol. The highest BCUT2D eigenvalue weighted by atomic mass is 32.2. The van der Waals surface area contributed by atoms with E-state index in [1.165, 1.54) is 32.7 Å². The molecule has 2 aromatic rings. The summed E-state index contributed by atoms with van der Waals surface area (Å²) < 4.78 is 29.8. The summed E-state index contributed by atoms with van der Waals surface area (Å²) in [7, 11) is 3.41. The van der Waals surface area contributed by atoms with Crippen LogP contribution in [0.1, 0.15) is 78.4 Å². The van der Waals surface area contributed by atoms with Crippen molar-refractivity contribution in [3.8, 4) is 28.7 Å². The number of rotatable bonds is 7. The van der Waals surface area contributed by atoms with E-state index in [1.807, 2.05) is 24.9 Å². The molecule has 0 aliphatic carbocycles. The number of phenols is 1. The molecular formula is C38H49N5O11S. The summed E-state index contributed by atoms with van der Waals surface area (Å²) in [6.45, 7) is 9.62. The number of fused-ring (bicyclic) bond motifs is 9. The van der Waals surface area contributed by atoms with Gasteiger partial charge < -0.3 is 50.3 Å². The van der Waals surface area contributed by atoms with Crippen molar-refractivity contribution < 1.29 is 53.1 Å². The Morgan fingerprint density at radius 1 is 1.05 bits per heavy atom. The number of benzene rings is 2. The van der Waals surface area contributed by atoms with Gasteiger partial charge in [0.2, 0.25) is 18.6 Å². The van der Waals surface area contributed by atoms with Crippen LogP contribution in [0.25, 0.3) is 0 Å². The maximum atomic E-state index is 14.0. The molecular weight excluding hydrogens is 735 g/mol. The fourth-order valence-electron chi connectivity index (χ4n) is 8.96. The maximum absolute atomic E-state index is 14.0. The van der Waals surface area contributed by atoms with Crippen LogP contribution in [0.4, 0.5) is 0 Å². The summed E-state index contributed by atoms with van der Waals surface area (Å²) in [6, 6.07) is -3.48. The molecule has 5 aliphatic heterocycles. The van der Waals surface area contributed by atoms with Gasteiger partial charge in [0, 0.05) is 41.0 Å². The maximum Gasteiger partial charge on any atom is 0.329 e. The van der Waals surface area contributed by atoms with Crippen LogP contribution in [0.15, 0.2) is 6.07 Å². The SMILES string of the molecule is COc1c(C)cc2c(c1O)[C@@H]1C3[C@@H]4SCC(NC(=O)C(NC(=O)C(C)N)C(C)C)C(=O)OC[C@@H](c5c6c(c(C)c(OC(C)=O)c54)OCO6)N3[C@@H](O)[C@H](C2)N1C. The molecule has 2 amide bonds. The minimum absolute atomic E-state index is 0.00505. The zero-order valence-corrected chi connectivity index (χ0v) is 32.9. The Morgan fingerprint density at radius 2 is 1.76 bits per heavy atom. The topological polar surface area (TPSA) is 211 Å². The van der Waals surface area contributed by atoms with Crippen molar-refractivity contribution in [1.82, 2.24) is 20.4 Å². The Hall–Kier alpha value is -4.29. The smallest absolute Gasteiger partial charge is 0.329 e. The molecule has 0 saturated carbocycles. The summed E-state index contributed by atoms with van der Waals surface area (Å²) in [6.07, 6.45) is -0.673. The van der Waals surface area contributed by atoms with E-state index >= 15 is 0 Å². The fraction of sp³-hybridized carbons (Fsp3) is 0.579. The lowest BCUT2D eigenvalue weighted by atomic mass is 9.73. The van der Waals surface area contributed by atoms with E-state index in [2.05, 4.69) is 15.5 Å². The first-order valence-electron chi connectivity index (χ1n) is 18.4. The van der Waals surface area contributed by atoms with Crippen LogP contribution in [-0.2, 0) is 30.3 Å². The number of aromatic hydroxyl groups is 1. The minimum Gasteiger partial charge on any atom is -0.504 e. The molecule has 7 rings (SSSR count). The number of aliphatic hydroxyl groups is 1. The highest BCUT2D eigenvalue weighted by molar-refractivity contribution is 7.99. The van der Waals surface area contributed by atoms with Crippen LogP contribution < -0.4 is 35.3 Å². The number of piperazine rings is 1. The Morgan fingerprint density at radius 3 is 2.42 bits per heavy atom. The van der Waals surface area contributed by atoms with Crippen molar-refractivity contribution >= 4 is 35.5 Å². The number of nitrogens with two attached hydrogens (primary N) is 1. The van der Waals surface area contributed by atoms with Gasteiger partial charge in [0.05, 0.1) is 36.5 Å². The highest BCUT2D eigenvalue weighted by Crippen LogP contribution is 2.63. The van der Waals surface area contributed by atoms with E-state index in [0.29, 0.717) is 45.9 Å². The molecule has 0 radical (unpaired) electrons. The molecule has 6 N–H and O–H groups in total. The fourth-order valence-corrected chi connectivity index (χ4v) is 10.5. The van der Waals surface area contributed by atoms with Gasteiger partial charge in [0.25, 0.3) is 0 Å². The number of hydrogen-bond acceptors (Lipinski definition) is 15. The van der Waals surface area contributed by atoms with Crippen molar-refractivity contribution in [3.63, 3.8) is 0 Å². The number of esters is 2. The van der Waals surface area contributed by atoms with Crippen molar-refractivity contribution in [2.24, 2.45) is 11.7 Å². The van der Waals surface area contributed by atoms with Crippen LogP contribution in [-0.4, -0.2) is 114 Å². The first kappa shape index (κ1) is 39.0. The van der Waals surface area contributed by atoms with E-state index in [9.17, 15) is 29.4 Å². The van der Waals surface area contributed by atoms with E-state index in [-0.39, 0.29) is 36.6 Å². The summed E-state index contributed by atoms with van der Waals surface area (Å²) >= 11 is 1.31. The van der Waals surface area contributed by atoms with Crippen LogP contribution in [0.2, 0.25) is 0 Å². The lowest BCUT2D eigenvalue weighted by Gasteiger charge is -2.62. The molecule has 2 fully saturated rings. The van der Waals surface area contributed by atoms with E-state index in [4.69, 9.17) is 29.4 Å². The van der Waals surface area contributed by atoms with Gasteiger partial charge in [0.15, 0.2) is 23.0 Å². The number of nitrogens with one attached hydrogen (secondary N) is 2. The van der Waals surface area contributed by atoms with Gasteiger partial charge in [-0.1, -0.05) is 19.9 Å². The van der Waals surface area contributed by atoms with Crippen molar-refractivity contribution in [1.29, 1.82) is 0 Å². The second-order valence-corrected chi connectivity index (χ2v) is 16.5. The zero-order valence-electron chi connectivity index (χ0n) is 32.1. The van der Waals surface area contributed by atoms with Crippen molar-refractivity contribution in [2.45, 2.75) is 102 Å². The third kappa shape index (κ3) is 6.33. The number of aryl methyl sites for hydroxylation is 1. The Balaban J connectivity index is 1.41. The summed E-state index contributed by atoms with van der Waals surface area (Å²) in [5, 5.41) is 29.2. The number of thioether (sulfide) groups is 1.